The van der Waals surface area contributed by atoms with Crippen molar-refractivity contribution >= 4 is 22.7 Å². The summed E-state index contributed by atoms with van der Waals surface area (Å²) < 4.78 is 17.0. The van der Waals surface area contributed by atoms with Gasteiger partial charge < -0.3 is 18.4 Å². The average molecular weight is 377 g/mol. The molecule has 0 bridgehead atoms. The van der Waals surface area contributed by atoms with Crippen LogP contribution in [0.25, 0.3) is 0 Å². The van der Waals surface area contributed by atoms with E-state index < -0.39 is 16.9 Å². The Morgan fingerprint density at radius 2 is 1.71 bits per heavy atom. The minimum absolute atomic E-state index is 0.0976. The summed E-state index contributed by atoms with van der Waals surface area (Å²) in [7, 11) is -4.31. The van der Waals surface area contributed by atoms with E-state index in [0.29, 0.717) is 50.9 Å². The quantitative estimate of drug-likeness (QED) is 0.285. The van der Waals surface area contributed by atoms with E-state index in [1.165, 1.54) is 0 Å². The largest absolute Gasteiger partial charge is 0.436 e. The van der Waals surface area contributed by atoms with Gasteiger partial charge in [-0.2, -0.15) is 0 Å². The first kappa shape index (κ1) is 23.7. The molecule has 0 aromatic rings. The van der Waals surface area contributed by atoms with E-state index in [1.807, 2.05) is 6.55 Å². The lowest BCUT2D eigenvalue weighted by atomic mass is 10.1. The summed E-state index contributed by atoms with van der Waals surface area (Å²) in [5.74, 6) is 0.358. The van der Waals surface area contributed by atoms with Crippen LogP contribution in [0.15, 0.2) is 12.2 Å². The second-order valence-electron chi connectivity index (χ2n) is 7.69. The van der Waals surface area contributed by atoms with Crippen molar-refractivity contribution in [3.05, 3.63) is 12.2 Å². The highest BCUT2D eigenvalue weighted by molar-refractivity contribution is 6.81. The van der Waals surface area contributed by atoms with E-state index in [-0.39, 0.29) is 11.7 Å². The molecule has 1 N–H and O–H groups in total. The molecule has 0 aliphatic rings. The average Bonchev–Trinajstić information content (AvgIpc) is 2.37. The zero-order chi connectivity index (χ0) is 18.8. The number of hydrogen-bond donors (Lipinski definition) is 1. The van der Waals surface area contributed by atoms with Gasteiger partial charge in [0.2, 0.25) is 0 Å². The van der Waals surface area contributed by atoms with E-state index in [4.69, 9.17) is 13.6 Å². The van der Waals surface area contributed by atoms with Gasteiger partial charge in [0.25, 0.3) is 0 Å². The van der Waals surface area contributed by atoms with Gasteiger partial charge in [-0.1, -0.05) is 13.5 Å². The number of rotatable bonds is 14. The molecule has 0 aromatic carbocycles. The van der Waals surface area contributed by atoms with Crippen molar-refractivity contribution < 1.29 is 23.2 Å². The van der Waals surface area contributed by atoms with Crippen LogP contribution < -0.4 is 0 Å². The van der Waals surface area contributed by atoms with E-state index in [0.717, 1.165) is 0 Å². The molecule has 0 radical (unpaired) electrons. The molecule has 142 valence electrons. The fraction of sp³-hybridized carbons (Fsp3) is 0.824. The third-order valence-corrected chi connectivity index (χ3v) is 8.86. The minimum atomic E-state index is -2.60. The molecule has 24 heavy (non-hydrogen) atoms. The molecule has 5 nitrogen and oxygen atoms in total. The van der Waals surface area contributed by atoms with E-state index in [9.17, 15) is 9.59 Å². The van der Waals surface area contributed by atoms with Gasteiger partial charge in [0, 0.05) is 19.6 Å². The number of ketones is 1. The predicted molar refractivity (Wildman–Crippen MR) is 103 cm³/mol. The molecular weight excluding hydrogens is 340 g/mol. The molecule has 0 fully saturated rings. The highest BCUT2D eigenvalue weighted by atomic mass is 28.4. The van der Waals surface area contributed by atoms with Crippen molar-refractivity contribution in [3.63, 3.8) is 0 Å². The smallest absolute Gasteiger partial charge is 0.322 e. The summed E-state index contributed by atoms with van der Waals surface area (Å²) in [6, 6.07) is 0.682. The van der Waals surface area contributed by atoms with Crippen LogP contribution in [0.3, 0.4) is 0 Å². The fourth-order valence-corrected chi connectivity index (χ4v) is 9.48. The number of hydrogen-bond acceptors (Lipinski definition) is 5. The van der Waals surface area contributed by atoms with E-state index in [1.54, 1.807) is 6.92 Å². The molecular formula is C17H36O5Si2. The molecule has 2 atom stereocenters. The zero-order valence-electron chi connectivity index (χ0n) is 16.3. The second kappa shape index (κ2) is 11.3. The highest BCUT2D eigenvalue weighted by Gasteiger charge is 2.34. The van der Waals surface area contributed by atoms with Crippen LogP contribution in [-0.4, -0.2) is 53.9 Å². The molecule has 0 aliphatic carbocycles. The number of ether oxygens (including phenoxy) is 2. The predicted octanol–water partition coefficient (Wildman–Crippen LogP) is 3.50. The molecule has 2 unspecified atom stereocenters. The van der Waals surface area contributed by atoms with Gasteiger partial charge in [0.05, 0.1) is 13.2 Å². The van der Waals surface area contributed by atoms with Crippen LogP contribution >= 0.6 is 0 Å². The van der Waals surface area contributed by atoms with E-state index >= 15 is 0 Å². The summed E-state index contributed by atoms with van der Waals surface area (Å²) in [4.78, 5) is 21.8. The van der Waals surface area contributed by atoms with Crippen molar-refractivity contribution in [3.8, 4) is 0 Å². The number of Topliss-reactive ketones (excluding diaryl/α,β-unsaturated/α-hetero) is 1. The van der Waals surface area contributed by atoms with Crippen LogP contribution in [0.1, 0.15) is 26.7 Å². The first-order valence-corrected chi connectivity index (χ1v) is 14.7. The van der Waals surface area contributed by atoms with Crippen LogP contribution in [0.2, 0.25) is 32.2 Å². The summed E-state index contributed by atoms with van der Waals surface area (Å²) in [6.07, 6.45) is 1.20. The van der Waals surface area contributed by atoms with Crippen molar-refractivity contribution in [2.24, 2.45) is 5.92 Å². The Hall–Kier alpha value is -0.316. The summed E-state index contributed by atoms with van der Waals surface area (Å²) in [6.45, 7) is 17.8. The van der Waals surface area contributed by atoms with Gasteiger partial charge in [0.1, 0.15) is 0 Å². The van der Waals surface area contributed by atoms with Crippen LogP contribution in [0.4, 0.5) is 0 Å². The lowest BCUT2D eigenvalue weighted by Crippen LogP contribution is -2.46. The Kier molecular flexibility index (Phi) is 11.2. The highest BCUT2D eigenvalue weighted by Crippen LogP contribution is 2.20. The monoisotopic (exact) mass is 376 g/mol. The van der Waals surface area contributed by atoms with Crippen LogP contribution in [0, 0.1) is 5.92 Å². The standard InChI is InChI=1S/C17H36O5Si2/c1-15(2)17(18)9-8-10-20-11-12-21-13-16(3)14-24(7,19)22-23(4,5)6/h16,19H,1,8-14H2,2-7H3. The van der Waals surface area contributed by atoms with Crippen molar-refractivity contribution in [1.29, 1.82) is 0 Å². The molecule has 0 saturated carbocycles. The molecule has 0 heterocycles. The summed E-state index contributed by atoms with van der Waals surface area (Å²) >= 11 is 0. The van der Waals surface area contributed by atoms with Crippen molar-refractivity contribution in [2.75, 3.05) is 26.4 Å². The summed E-state index contributed by atoms with van der Waals surface area (Å²) in [5.41, 5.74) is 0.602. The molecule has 0 rings (SSSR count). The van der Waals surface area contributed by atoms with Gasteiger partial charge in [-0.05, 0) is 57.1 Å². The maximum absolute atomic E-state index is 11.3. The second-order valence-corrected chi connectivity index (χ2v) is 15.5. The van der Waals surface area contributed by atoms with Crippen molar-refractivity contribution in [2.45, 2.75) is 58.9 Å². The Labute approximate surface area is 149 Å². The molecule has 0 aromatic heterocycles. The number of carbonyl (C=O) groups is 1. The minimum Gasteiger partial charge on any atom is -0.436 e. The van der Waals surface area contributed by atoms with Crippen LogP contribution in [-0.2, 0) is 18.4 Å². The fourth-order valence-electron chi connectivity index (χ4n) is 2.46. The van der Waals surface area contributed by atoms with Gasteiger partial charge in [-0.15, -0.1) is 0 Å². The maximum Gasteiger partial charge on any atom is 0.322 e. The molecule has 0 amide bonds. The Balaban J connectivity index is 3.67. The Morgan fingerprint density at radius 3 is 2.25 bits per heavy atom. The van der Waals surface area contributed by atoms with Gasteiger partial charge in [-0.25, -0.2) is 0 Å². The zero-order valence-corrected chi connectivity index (χ0v) is 18.3. The molecule has 7 heteroatoms. The third kappa shape index (κ3) is 14.1. The number of allylic oxidation sites excluding steroid dienone is 1. The lowest BCUT2D eigenvalue weighted by molar-refractivity contribution is -0.115. The first-order valence-electron chi connectivity index (χ1n) is 8.70. The Bertz CT molecular complexity index is 391. The first-order chi connectivity index (χ1) is 10.9. The number of carbonyl (C=O) groups excluding carboxylic acids is 1. The SMILES string of the molecule is C=C(C)C(=O)CCCOCCOCC(C)C[Si](C)(O)O[Si](C)(C)C. The van der Waals surface area contributed by atoms with E-state index in [2.05, 4.69) is 33.1 Å². The Morgan fingerprint density at radius 1 is 1.12 bits per heavy atom. The lowest BCUT2D eigenvalue weighted by Gasteiger charge is -2.31. The van der Waals surface area contributed by atoms with Gasteiger partial charge in [-0.3, -0.25) is 4.79 Å². The normalized spacial score (nSPS) is 15.8. The molecule has 0 aliphatic heterocycles. The van der Waals surface area contributed by atoms with Crippen LogP contribution in [0.5, 0.6) is 0 Å². The summed E-state index contributed by atoms with van der Waals surface area (Å²) in [5, 5.41) is 0. The topological polar surface area (TPSA) is 65.0 Å². The van der Waals surface area contributed by atoms with Gasteiger partial charge in [0.15, 0.2) is 14.1 Å². The third-order valence-electron chi connectivity index (χ3n) is 3.20. The maximum atomic E-state index is 11.3. The van der Waals surface area contributed by atoms with Crippen molar-refractivity contribution in [1.82, 2.24) is 0 Å². The molecule has 0 saturated heterocycles. The van der Waals surface area contributed by atoms with Gasteiger partial charge >= 0.3 is 8.56 Å². The molecule has 0 spiro atoms.